The molecule has 2 atom stereocenters. The molecule has 0 aliphatic heterocycles. The summed E-state index contributed by atoms with van der Waals surface area (Å²) in [4.78, 5) is 0. The predicted molar refractivity (Wildman–Crippen MR) is 77.3 cm³/mol. The van der Waals surface area contributed by atoms with Crippen molar-refractivity contribution in [2.45, 2.75) is 85.1 Å². The zero-order valence-electron chi connectivity index (χ0n) is 12.5. The molecule has 1 aliphatic rings. The van der Waals surface area contributed by atoms with Crippen LogP contribution in [0.15, 0.2) is 0 Å². The molecule has 0 aromatic heterocycles. The zero-order chi connectivity index (χ0) is 12.7. The number of nitrogens with one attached hydrogen (secondary N) is 1. The summed E-state index contributed by atoms with van der Waals surface area (Å²) < 4.78 is 0. The lowest BCUT2D eigenvalue weighted by Gasteiger charge is -2.35. The van der Waals surface area contributed by atoms with Crippen molar-refractivity contribution in [3.63, 3.8) is 0 Å². The van der Waals surface area contributed by atoms with Gasteiger partial charge in [0.2, 0.25) is 0 Å². The highest BCUT2D eigenvalue weighted by Crippen LogP contribution is 2.45. The Balaban J connectivity index is 2.41. The Kier molecular flexibility index (Phi) is 6.54. The zero-order valence-corrected chi connectivity index (χ0v) is 12.5. The third kappa shape index (κ3) is 4.62. The first-order chi connectivity index (χ1) is 8.11. The van der Waals surface area contributed by atoms with Gasteiger partial charge in [-0.05, 0) is 37.1 Å². The van der Waals surface area contributed by atoms with Crippen LogP contribution in [0.2, 0.25) is 0 Å². The smallest absolute Gasteiger partial charge is 0.0100 e. The highest BCUT2D eigenvalue weighted by Gasteiger charge is 2.38. The number of rotatable bonds is 8. The maximum atomic E-state index is 3.76. The summed E-state index contributed by atoms with van der Waals surface area (Å²) >= 11 is 0. The van der Waals surface area contributed by atoms with Gasteiger partial charge in [-0.3, -0.25) is 0 Å². The molecule has 17 heavy (non-hydrogen) atoms. The quantitative estimate of drug-likeness (QED) is 0.602. The largest absolute Gasteiger partial charge is 0.314 e. The molecule has 0 amide bonds. The van der Waals surface area contributed by atoms with Gasteiger partial charge in [0.05, 0.1) is 0 Å². The minimum absolute atomic E-state index is 0.567. The van der Waals surface area contributed by atoms with Gasteiger partial charge in [0, 0.05) is 6.04 Å². The van der Waals surface area contributed by atoms with Crippen LogP contribution in [0.3, 0.4) is 0 Å². The summed E-state index contributed by atoms with van der Waals surface area (Å²) in [6.07, 6.45) is 11.3. The first-order valence-electron chi connectivity index (χ1n) is 7.85. The van der Waals surface area contributed by atoms with Gasteiger partial charge in [-0.2, -0.15) is 0 Å². The van der Waals surface area contributed by atoms with Crippen molar-refractivity contribution < 1.29 is 0 Å². The van der Waals surface area contributed by atoms with E-state index in [0.717, 1.165) is 18.5 Å². The van der Waals surface area contributed by atoms with Crippen LogP contribution in [-0.2, 0) is 0 Å². The molecule has 1 fully saturated rings. The maximum absolute atomic E-state index is 3.76. The number of hydrogen-bond acceptors (Lipinski definition) is 1. The van der Waals surface area contributed by atoms with Gasteiger partial charge in [0.1, 0.15) is 0 Å². The van der Waals surface area contributed by atoms with Crippen molar-refractivity contribution in [2.75, 3.05) is 6.54 Å². The molecule has 102 valence electrons. The van der Waals surface area contributed by atoms with E-state index in [1.54, 1.807) is 0 Å². The van der Waals surface area contributed by atoms with Crippen LogP contribution in [0.4, 0.5) is 0 Å². The van der Waals surface area contributed by atoms with Crippen molar-refractivity contribution in [1.82, 2.24) is 5.32 Å². The molecule has 1 N–H and O–H groups in total. The topological polar surface area (TPSA) is 12.0 Å². The van der Waals surface area contributed by atoms with Crippen molar-refractivity contribution in [3.8, 4) is 0 Å². The highest BCUT2D eigenvalue weighted by molar-refractivity contribution is 4.92. The molecule has 1 heteroatoms. The Hall–Kier alpha value is -0.0400. The van der Waals surface area contributed by atoms with E-state index < -0.39 is 0 Å². The normalized spacial score (nSPS) is 25.1. The van der Waals surface area contributed by atoms with Crippen LogP contribution in [0, 0.1) is 11.3 Å². The van der Waals surface area contributed by atoms with E-state index in [9.17, 15) is 0 Å². The predicted octanol–water partition coefficient (Wildman–Crippen LogP) is 4.76. The van der Waals surface area contributed by atoms with Crippen LogP contribution < -0.4 is 5.32 Å². The third-order valence-corrected chi connectivity index (χ3v) is 4.66. The van der Waals surface area contributed by atoms with Gasteiger partial charge < -0.3 is 5.32 Å². The molecule has 1 saturated carbocycles. The lowest BCUT2D eigenvalue weighted by molar-refractivity contribution is 0.188. The summed E-state index contributed by atoms with van der Waals surface area (Å²) in [5.41, 5.74) is 0.567. The summed E-state index contributed by atoms with van der Waals surface area (Å²) in [6, 6.07) is 0.773. The fourth-order valence-corrected chi connectivity index (χ4v) is 3.60. The molecular formula is C16H33N. The average molecular weight is 239 g/mol. The van der Waals surface area contributed by atoms with Crippen molar-refractivity contribution in [3.05, 3.63) is 0 Å². The molecule has 0 saturated heterocycles. The maximum Gasteiger partial charge on any atom is 0.0100 e. The van der Waals surface area contributed by atoms with E-state index in [-0.39, 0.29) is 0 Å². The van der Waals surface area contributed by atoms with Gasteiger partial charge in [-0.15, -0.1) is 0 Å². The third-order valence-electron chi connectivity index (χ3n) is 4.66. The van der Waals surface area contributed by atoms with E-state index in [1.165, 1.54) is 51.4 Å². The monoisotopic (exact) mass is 239 g/mol. The summed E-state index contributed by atoms with van der Waals surface area (Å²) in [6.45, 7) is 10.6. The van der Waals surface area contributed by atoms with Gasteiger partial charge in [0.25, 0.3) is 0 Å². The average Bonchev–Trinajstić information content (AvgIpc) is 2.63. The summed E-state index contributed by atoms with van der Waals surface area (Å²) in [7, 11) is 0. The molecule has 1 rings (SSSR count). The second-order valence-electron chi connectivity index (χ2n) is 6.50. The van der Waals surface area contributed by atoms with Crippen LogP contribution in [0.5, 0.6) is 0 Å². The fourth-order valence-electron chi connectivity index (χ4n) is 3.60. The molecule has 1 nitrogen and oxygen atoms in total. The van der Waals surface area contributed by atoms with Crippen LogP contribution in [0.1, 0.15) is 79.1 Å². The first-order valence-corrected chi connectivity index (χ1v) is 7.85. The van der Waals surface area contributed by atoms with Crippen molar-refractivity contribution in [2.24, 2.45) is 11.3 Å². The van der Waals surface area contributed by atoms with E-state index >= 15 is 0 Å². The molecular weight excluding hydrogens is 206 g/mol. The lowest BCUT2D eigenvalue weighted by Crippen LogP contribution is -2.40. The second-order valence-corrected chi connectivity index (χ2v) is 6.50. The highest BCUT2D eigenvalue weighted by atomic mass is 14.9. The molecule has 1 aliphatic carbocycles. The van der Waals surface area contributed by atoms with E-state index in [0.29, 0.717) is 5.41 Å². The standard InChI is InChI=1S/C16H33N/c1-5-7-8-9-12-15(17-6-2)14-11-10-13-16(14,3)4/h14-15,17H,5-13H2,1-4H3. The van der Waals surface area contributed by atoms with Gasteiger partial charge >= 0.3 is 0 Å². The Morgan fingerprint density at radius 3 is 2.47 bits per heavy atom. The van der Waals surface area contributed by atoms with Crippen molar-refractivity contribution in [1.29, 1.82) is 0 Å². The molecule has 0 bridgehead atoms. The van der Waals surface area contributed by atoms with E-state index in [2.05, 4.69) is 33.0 Å². The SMILES string of the molecule is CCCCCCC(NCC)C1CCCC1(C)C. The minimum Gasteiger partial charge on any atom is -0.314 e. The fraction of sp³-hybridized carbons (Fsp3) is 1.00. The molecule has 0 heterocycles. The molecule has 0 aromatic rings. The Morgan fingerprint density at radius 2 is 1.94 bits per heavy atom. The minimum atomic E-state index is 0.567. The lowest BCUT2D eigenvalue weighted by atomic mass is 9.76. The van der Waals surface area contributed by atoms with Gasteiger partial charge in [-0.1, -0.05) is 59.8 Å². The summed E-state index contributed by atoms with van der Waals surface area (Å²) in [5.74, 6) is 0.907. The Morgan fingerprint density at radius 1 is 1.18 bits per heavy atom. The van der Waals surface area contributed by atoms with Crippen LogP contribution in [0.25, 0.3) is 0 Å². The first kappa shape index (κ1) is 15.0. The Bertz CT molecular complexity index is 198. The Labute approximate surface area is 109 Å². The van der Waals surface area contributed by atoms with Crippen molar-refractivity contribution >= 4 is 0 Å². The van der Waals surface area contributed by atoms with Crippen LogP contribution >= 0.6 is 0 Å². The molecule has 0 radical (unpaired) electrons. The number of hydrogen-bond donors (Lipinski definition) is 1. The second kappa shape index (κ2) is 7.41. The van der Waals surface area contributed by atoms with Crippen LogP contribution in [-0.4, -0.2) is 12.6 Å². The molecule has 0 spiro atoms. The van der Waals surface area contributed by atoms with Gasteiger partial charge in [0.15, 0.2) is 0 Å². The molecule has 2 unspecified atom stereocenters. The molecule has 0 aromatic carbocycles. The van der Waals surface area contributed by atoms with E-state index in [4.69, 9.17) is 0 Å². The summed E-state index contributed by atoms with van der Waals surface area (Å²) in [5, 5.41) is 3.76. The number of unbranched alkanes of at least 4 members (excludes halogenated alkanes) is 3. The van der Waals surface area contributed by atoms with E-state index in [1.807, 2.05) is 0 Å². The van der Waals surface area contributed by atoms with Gasteiger partial charge in [-0.25, -0.2) is 0 Å².